The van der Waals surface area contributed by atoms with Gasteiger partial charge in [-0.2, -0.15) is 0 Å². The first-order valence-electron chi connectivity index (χ1n) is 7.02. The molecule has 0 radical (unpaired) electrons. The van der Waals surface area contributed by atoms with Gasteiger partial charge in [-0.3, -0.25) is 4.79 Å². The molecular formula is C16H25NO2. The number of nitrogens with one attached hydrogen (secondary N) is 1. The Morgan fingerprint density at radius 1 is 1.21 bits per heavy atom. The van der Waals surface area contributed by atoms with Crippen LogP contribution in [0, 0.1) is 6.92 Å². The standard InChI is InChI=1S/C16H25NO2/c1-4-16(5-2,12-18)17-15(19)11-10-14-8-6-13(3)7-9-14/h6-9,18H,4-5,10-12H2,1-3H3,(H,17,19). The van der Waals surface area contributed by atoms with Gasteiger partial charge in [0.15, 0.2) is 0 Å². The first-order valence-corrected chi connectivity index (χ1v) is 7.02. The van der Waals surface area contributed by atoms with E-state index in [0.717, 1.165) is 19.3 Å². The summed E-state index contributed by atoms with van der Waals surface area (Å²) < 4.78 is 0. The van der Waals surface area contributed by atoms with Crippen LogP contribution in [0.2, 0.25) is 0 Å². The molecule has 0 saturated carbocycles. The van der Waals surface area contributed by atoms with Crippen molar-refractivity contribution in [3.05, 3.63) is 35.4 Å². The first-order chi connectivity index (χ1) is 9.05. The van der Waals surface area contributed by atoms with E-state index in [-0.39, 0.29) is 12.5 Å². The number of aliphatic hydroxyl groups is 1. The number of carbonyl (C=O) groups is 1. The maximum atomic E-state index is 12.0. The fourth-order valence-electron chi connectivity index (χ4n) is 2.06. The fourth-order valence-corrected chi connectivity index (χ4v) is 2.06. The smallest absolute Gasteiger partial charge is 0.220 e. The summed E-state index contributed by atoms with van der Waals surface area (Å²) in [5.41, 5.74) is 1.94. The molecule has 0 saturated heterocycles. The van der Waals surface area contributed by atoms with Crippen LogP contribution in [0.15, 0.2) is 24.3 Å². The summed E-state index contributed by atoms with van der Waals surface area (Å²) in [4.78, 5) is 12.0. The molecule has 1 aromatic rings. The highest BCUT2D eigenvalue weighted by atomic mass is 16.3. The molecule has 0 heterocycles. The zero-order valence-corrected chi connectivity index (χ0v) is 12.2. The van der Waals surface area contributed by atoms with E-state index in [1.807, 2.05) is 13.8 Å². The van der Waals surface area contributed by atoms with Gasteiger partial charge in [0, 0.05) is 6.42 Å². The molecule has 0 spiro atoms. The van der Waals surface area contributed by atoms with Gasteiger partial charge in [-0.25, -0.2) is 0 Å². The van der Waals surface area contributed by atoms with Crippen LogP contribution >= 0.6 is 0 Å². The molecule has 3 heteroatoms. The lowest BCUT2D eigenvalue weighted by Gasteiger charge is -2.30. The van der Waals surface area contributed by atoms with Crippen molar-refractivity contribution >= 4 is 5.91 Å². The summed E-state index contributed by atoms with van der Waals surface area (Å²) in [6.07, 6.45) is 2.69. The molecule has 0 aliphatic carbocycles. The van der Waals surface area contributed by atoms with Crippen molar-refractivity contribution in [2.45, 2.75) is 52.0 Å². The quantitative estimate of drug-likeness (QED) is 0.794. The third-order valence-corrected chi connectivity index (χ3v) is 3.82. The van der Waals surface area contributed by atoms with E-state index in [1.54, 1.807) is 0 Å². The molecule has 19 heavy (non-hydrogen) atoms. The normalized spacial score (nSPS) is 11.4. The molecule has 2 N–H and O–H groups in total. The zero-order valence-electron chi connectivity index (χ0n) is 12.2. The highest BCUT2D eigenvalue weighted by Crippen LogP contribution is 2.14. The molecule has 1 aromatic carbocycles. The summed E-state index contributed by atoms with van der Waals surface area (Å²) in [5.74, 6) is 0.0123. The molecule has 1 rings (SSSR count). The van der Waals surface area contributed by atoms with Crippen molar-refractivity contribution in [1.29, 1.82) is 0 Å². The molecule has 0 aliphatic rings. The zero-order chi connectivity index (χ0) is 14.3. The van der Waals surface area contributed by atoms with Gasteiger partial charge in [-0.1, -0.05) is 43.7 Å². The Morgan fingerprint density at radius 3 is 2.26 bits per heavy atom. The molecule has 0 fully saturated rings. The van der Waals surface area contributed by atoms with E-state index in [1.165, 1.54) is 11.1 Å². The predicted octanol–water partition coefficient (Wildman–Crippen LogP) is 2.59. The molecule has 3 nitrogen and oxygen atoms in total. The molecule has 106 valence electrons. The SMILES string of the molecule is CCC(CC)(CO)NC(=O)CCc1ccc(C)cc1. The Hall–Kier alpha value is -1.35. The van der Waals surface area contributed by atoms with Gasteiger partial charge in [0.25, 0.3) is 0 Å². The van der Waals surface area contributed by atoms with Crippen molar-refractivity contribution in [1.82, 2.24) is 5.32 Å². The highest BCUT2D eigenvalue weighted by molar-refractivity contribution is 5.77. The summed E-state index contributed by atoms with van der Waals surface area (Å²) >= 11 is 0. The van der Waals surface area contributed by atoms with Crippen LogP contribution in [0.5, 0.6) is 0 Å². The van der Waals surface area contributed by atoms with Crippen molar-refractivity contribution in [2.24, 2.45) is 0 Å². The van der Waals surface area contributed by atoms with Crippen LogP contribution in [0.3, 0.4) is 0 Å². The summed E-state index contributed by atoms with van der Waals surface area (Å²) in [7, 11) is 0. The van der Waals surface area contributed by atoms with Crippen LogP contribution < -0.4 is 5.32 Å². The number of benzene rings is 1. The molecule has 0 unspecified atom stereocenters. The maximum absolute atomic E-state index is 12.0. The third-order valence-electron chi connectivity index (χ3n) is 3.82. The Labute approximate surface area is 116 Å². The van der Waals surface area contributed by atoms with Crippen molar-refractivity contribution < 1.29 is 9.90 Å². The molecule has 0 aliphatic heterocycles. The third kappa shape index (κ3) is 4.67. The van der Waals surface area contributed by atoms with E-state index in [0.29, 0.717) is 6.42 Å². The van der Waals surface area contributed by atoms with Gasteiger partial charge in [-0.05, 0) is 31.7 Å². The van der Waals surface area contributed by atoms with Gasteiger partial charge in [-0.15, -0.1) is 0 Å². The van der Waals surface area contributed by atoms with E-state index >= 15 is 0 Å². The number of aryl methyl sites for hydroxylation is 2. The lowest BCUT2D eigenvalue weighted by molar-refractivity contribution is -0.123. The van der Waals surface area contributed by atoms with E-state index in [4.69, 9.17) is 0 Å². The second kappa shape index (κ2) is 7.29. The van der Waals surface area contributed by atoms with Gasteiger partial charge in [0.05, 0.1) is 12.1 Å². The number of aliphatic hydroxyl groups excluding tert-OH is 1. The van der Waals surface area contributed by atoms with E-state index in [2.05, 4.69) is 36.5 Å². The topological polar surface area (TPSA) is 49.3 Å². The van der Waals surface area contributed by atoms with E-state index in [9.17, 15) is 9.90 Å². The fraction of sp³-hybridized carbons (Fsp3) is 0.562. The average Bonchev–Trinajstić information content (AvgIpc) is 2.44. The Bertz CT molecular complexity index is 385. The Kier molecular flexibility index (Phi) is 6.03. The summed E-state index contributed by atoms with van der Waals surface area (Å²) in [6.45, 7) is 6.02. The van der Waals surface area contributed by atoms with Crippen LogP contribution in [-0.4, -0.2) is 23.2 Å². The van der Waals surface area contributed by atoms with Crippen molar-refractivity contribution in [2.75, 3.05) is 6.61 Å². The maximum Gasteiger partial charge on any atom is 0.220 e. The van der Waals surface area contributed by atoms with Crippen LogP contribution in [0.25, 0.3) is 0 Å². The van der Waals surface area contributed by atoms with E-state index < -0.39 is 5.54 Å². The van der Waals surface area contributed by atoms with Gasteiger partial charge in [0.2, 0.25) is 5.91 Å². The average molecular weight is 263 g/mol. The molecular weight excluding hydrogens is 238 g/mol. The Morgan fingerprint density at radius 2 is 1.79 bits per heavy atom. The lowest BCUT2D eigenvalue weighted by atomic mass is 9.93. The number of amides is 1. The Balaban J connectivity index is 2.49. The molecule has 0 atom stereocenters. The number of hydrogen-bond donors (Lipinski definition) is 2. The minimum Gasteiger partial charge on any atom is -0.394 e. The lowest BCUT2D eigenvalue weighted by Crippen LogP contribution is -2.50. The van der Waals surface area contributed by atoms with Crippen LogP contribution in [-0.2, 0) is 11.2 Å². The monoisotopic (exact) mass is 263 g/mol. The van der Waals surface area contributed by atoms with Crippen molar-refractivity contribution in [3.8, 4) is 0 Å². The summed E-state index contributed by atoms with van der Waals surface area (Å²) in [5, 5.41) is 12.4. The predicted molar refractivity (Wildman–Crippen MR) is 78.0 cm³/mol. The number of hydrogen-bond acceptors (Lipinski definition) is 2. The van der Waals surface area contributed by atoms with Gasteiger partial charge >= 0.3 is 0 Å². The minimum absolute atomic E-state index is 0.00370. The molecule has 0 bridgehead atoms. The molecule has 0 aromatic heterocycles. The van der Waals surface area contributed by atoms with Crippen molar-refractivity contribution in [3.63, 3.8) is 0 Å². The summed E-state index contributed by atoms with van der Waals surface area (Å²) in [6, 6.07) is 8.23. The minimum atomic E-state index is -0.454. The number of carbonyl (C=O) groups excluding carboxylic acids is 1. The molecule has 1 amide bonds. The number of rotatable bonds is 7. The second-order valence-corrected chi connectivity index (χ2v) is 5.18. The van der Waals surface area contributed by atoms with Gasteiger partial charge < -0.3 is 10.4 Å². The first kappa shape index (κ1) is 15.7. The second-order valence-electron chi connectivity index (χ2n) is 5.18. The highest BCUT2D eigenvalue weighted by Gasteiger charge is 2.26. The van der Waals surface area contributed by atoms with Crippen LogP contribution in [0.4, 0.5) is 0 Å². The largest absolute Gasteiger partial charge is 0.394 e. The van der Waals surface area contributed by atoms with Crippen LogP contribution in [0.1, 0.15) is 44.2 Å². The van der Waals surface area contributed by atoms with Gasteiger partial charge in [0.1, 0.15) is 0 Å².